The third-order valence-electron chi connectivity index (χ3n) is 4.81. The maximum Gasteiger partial charge on any atom is 0.500 e. The van der Waals surface area contributed by atoms with Crippen LogP contribution in [0.1, 0.15) is 69.9 Å². The topological polar surface area (TPSA) is 40.6 Å². The summed E-state index contributed by atoms with van der Waals surface area (Å²) in [5, 5.41) is 0. The smallest absolute Gasteiger partial charge is 0.377 e. The molecule has 0 fully saturated rings. The summed E-state index contributed by atoms with van der Waals surface area (Å²) in [7, 11) is 2.20. The summed E-state index contributed by atoms with van der Waals surface area (Å²) in [6, 6.07) is 3.79. The van der Waals surface area contributed by atoms with E-state index in [9.17, 15) is 4.39 Å². The zero-order valence-electron chi connectivity index (χ0n) is 16.2. The summed E-state index contributed by atoms with van der Waals surface area (Å²) in [6.07, 6.45) is 10.7. The Balaban J connectivity index is 2.67. The largest absolute Gasteiger partial charge is 0.500 e. The van der Waals surface area contributed by atoms with E-state index >= 15 is 0 Å². The standard InChI is InChI=1S/C19H34FNO3Si/c1-5-6-7-8-9-10-12-17(19-18(20)13-11-15-21-19)14-16-25(22-2,23-3)24-4/h11,13,15,17H,5-10,12,14,16H2,1-4H3. The third kappa shape index (κ3) is 7.52. The first-order valence-corrected chi connectivity index (χ1v) is 11.3. The number of hydrogen-bond acceptors (Lipinski definition) is 4. The monoisotopic (exact) mass is 371 g/mol. The molecule has 0 amide bonds. The lowest BCUT2D eigenvalue weighted by Crippen LogP contribution is -2.42. The highest BCUT2D eigenvalue weighted by molar-refractivity contribution is 6.60. The van der Waals surface area contributed by atoms with Gasteiger partial charge in [0.1, 0.15) is 5.82 Å². The molecule has 0 bridgehead atoms. The van der Waals surface area contributed by atoms with Crippen molar-refractivity contribution >= 4 is 8.80 Å². The van der Waals surface area contributed by atoms with Gasteiger partial charge in [0.2, 0.25) is 0 Å². The van der Waals surface area contributed by atoms with E-state index in [2.05, 4.69) is 11.9 Å². The SMILES string of the molecule is CCCCCCCCC(CC[Si](OC)(OC)OC)c1ncccc1F. The summed E-state index contributed by atoms with van der Waals surface area (Å²) >= 11 is 0. The average Bonchev–Trinajstić information content (AvgIpc) is 2.65. The van der Waals surface area contributed by atoms with E-state index in [1.165, 1.54) is 38.2 Å². The Kier molecular flexibility index (Phi) is 11.1. The van der Waals surface area contributed by atoms with Crippen LogP contribution in [-0.2, 0) is 13.3 Å². The van der Waals surface area contributed by atoms with Crippen LogP contribution in [-0.4, -0.2) is 35.1 Å². The Labute approximate surface area is 153 Å². The normalized spacial score (nSPS) is 13.2. The van der Waals surface area contributed by atoms with Crippen molar-refractivity contribution in [1.29, 1.82) is 0 Å². The van der Waals surface area contributed by atoms with Crippen LogP contribution in [0, 0.1) is 5.82 Å². The molecule has 25 heavy (non-hydrogen) atoms. The minimum atomic E-state index is -2.65. The van der Waals surface area contributed by atoms with Crippen molar-refractivity contribution in [3.05, 3.63) is 29.8 Å². The molecule has 0 aliphatic heterocycles. The molecule has 1 rings (SSSR count). The molecule has 1 aromatic heterocycles. The third-order valence-corrected chi connectivity index (χ3v) is 7.58. The predicted molar refractivity (Wildman–Crippen MR) is 101 cm³/mol. The van der Waals surface area contributed by atoms with E-state index in [-0.39, 0.29) is 11.7 Å². The lowest BCUT2D eigenvalue weighted by molar-refractivity contribution is 0.122. The first-order valence-electron chi connectivity index (χ1n) is 9.38. The number of rotatable bonds is 14. The fraction of sp³-hybridized carbons (Fsp3) is 0.737. The molecule has 0 saturated heterocycles. The van der Waals surface area contributed by atoms with Gasteiger partial charge in [-0.2, -0.15) is 0 Å². The molecule has 1 aromatic rings. The second-order valence-corrected chi connectivity index (χ2v) is 9.55. The summed E-state index contributed by atoms with van der Waals surface area (Å²) in [6.45, 7) is 2.22. The minimum Gasteiger partial charge on any atom is -0.377 e. The molecule has 0 aliphatic rings. The quantitative estimate of drug-likeness (QED) is 0.328. The van der Waals surface area contributed by atoms with Gasteiger partial charge in [-0.1, -0.05) is 45.4 Å². The molecule has 6 heteroatoms. The molecule has 1 heterocycles. The van der Waals surface area contributed by atoms with Crippen LogP contribution in [0.25, 0.3) is 0 Å². The van der Waals surface area contributed by atoms with Crippen molar-refractivity contribution in [3.63, 3.8) is 0 Å². The summed E-state index contributed by atoms with van der Waals surface area (Å²) < 4.78 is 30.7. The molecule has 0 spiro atoms. The molecular weight excluding hydrogens is 337 g/mol. The summed E-state index contributed by atoms with van der Waals surface area (Å²) in [4.78, 5) is 4.30. The van der Waals surface area contributed by atoms with Crippen molar-refractivity contribution in [1.82, 2.24) is 4.98 Å². The van der Waals surface area contributed by atoms with Crippen LogP contribution >= 0.6 is 0 Å². The first-order chi connectivity index (χ1) is 12.1. The molecule has 0 radical (unpaired) electrons. The van der Waals surface area contributed by atoms with Gasteiger partial charge in [-0.15, -0.1) is 0 Å². The molecular formula is C19H34FNO3Si. The number of halogens is 1. The van der Waals surface area contributed by atoms with E-state index in [0.29, 0.717) is 11.7 Å². The van der Waals surface area contributed by atoms with E-state index in [4.69, 9.17) is 13.3 Å². The number of hydrogen-bond donors (Lipinski definition) is 0. The van der Waals surface area contributed by atoms with Crippen molar-refractivity contribution in [3.8, 4) is 0 Å². The van der Waals surface area contributed by atoms with Crippen molar-refractivity contribution in [2.24, 2.45) is 0 Å². The van der Waals surface area contributed by atoms with Crippen LogP contribution in [0.5, 0.6) is 0 Å². The molecule has 0 saturated carbocycles. The van der Waals surface area contributed by atoms with Crippen LogP contribution in [0.4, 0.5) is 4.39 Å². The van der Waals surface area contributed by atoms with Crippen molar-refractivity contribution in [2.45, 2.75) is 70.3 Å². The van der Waals surface area contributed by atoms with Gasteiger partial charge in [0.15, 0.2) is 0 Å². The van der Waals surface area contributed by atoms with Gasteiger partial charge in [0.05, 0.1) is 5.69 Å². The predicted octanol–water partition coefficient (Wildman–Crippen LogP) is 5.32. The minimum absolute atomic E-state index is 0.0692. The van der Waals surface area contributed by atoms with E-state index in [0.717, 1.165) is 19.3 Å². The second kappa shape index (κ2) is 12.5. The molecule has 4 nitrogen and oxygen atoms in total. The van der Waals surface area contributed by atoms with Crippen LogP contribution in [0.3, 0.4) is 0 Å². The van der Waals surface area contributed by atoms with Gasteiger partial charge >= 0.3 is 8.80 Å². The van der Waals surface area contributed by atoms with E-state index in [1.54, 1.807) is 33.6 Å². The lowest BCUT2D eigenvalue weighted by atomic mass is 9.94. The highest BCUT2D eigenvalue weighted by atomic mass is 28.4. The van der Waals surface area contributed by atoms with Gasteiger partial charge in [-0.3, -0.25) is 4.98 Å². The molecule has 1 atom stereocenters. The Hall–Kier alpha value is -0.823. The zero-order valence-corrected chi connectivity index (χ0v) is 17.2. The molecule has 0 N–H and O–H groups in total. The summed E-state index contributed by atoms with van der Waals surface area (Å²) in [5.41, 5.74) is 0.558. The van der Waals surface area contributed by atoms with Gasteiger partial charge in [-0.05, 0) is 25.0 Å². The summed E-state index contributed by atoms with van der Waals surface area (Å²) in [5.74, 6) is -0.155. The number of aromatic nitrogens is 1. The molecule has 0 aromatic carbocycles. The molecule has 0 aliphatic carbocycles. The maximum absolute atomic E-state index is 14.2. The Morgan fingerprint density at radius 2 is 1.64 bits per heavy atom. The van der Waals surface area contributed by atoms with Gasteiger partial charge in [0, 0.05) is 39.5 Å². The van der Waals surface area contributed by atoms with Crippen LogP contribution in [0.15, 0.2) is 18.3 Å². The first kappa shape index (κ1) is 22.2. The Morgan fingerprint density at radius 3 is 2.24 bits per heavy atom. The second-order valence-electron chi connectivity index (χ2n) is 6.46. The number of unbranched alkanes of at least 4 members (excludes halogenated alkanes) is 5. The molecule has 144 valence electrons. The highest BCUT2D eigenvalue weighted by Crippen LogP contribution is 2.31. The zero-order chi connectivity index (χ0) is 18.5. The van der Waals surface area contributed by atoms with Crippen LogP contribution < -0.4 is 0 Å². The number of pyridine rings is 1. The maximum atomic E-state index is 14.2. The van der Waals surface area contributed by atoms with Crippen LogP contribution in [0.2, 0.25) is 6.04 Å². The van der Waals surface area contributed by atoms with Crippen molar-refractivity contribution < 1.29 is 17.7 Å². The van der Waals surface area contributed by atoms with Crippen molar-refractivity contribution in [2.75, 3.05) is 21.3 Å². The molecule has 1 unspecified atom stereocenters. The highest BCUT2D eigenvalue weighted by Gasteiger charge is 2.38. The fourth-order valence-corrected chi connectivity index (χ4v) is 5.01. The van der Waals surface area contributed by atoms with Gasteiger partial charge in [-0.25, -0.2) is 4.39 Å². The average molecular weight is 372 g/mol. The van der Waals surface area contributed by atoms with Gasteiger partial charge < -0.3 is 13.3 Å². The Morgan fingerprint density at radius 1 is 1.00 bits per heavy atom. The van der Waals surface area contributed by atoms with Gasteiger partial charge in [0.25, 0.3) is 0 Å². The van der Waals surface area contributed by atoms with E-state index in [1.807, 2.05) is 0 Å². The number of nitrogens with zero attached hydrogens (tertiary/aromatic N) is 1. The fourth-order valence-electron chi connectivity index (χ4n) is 3.19. The lowest BCUT2D eigenvalue weighted by Gasteiger charge is -2.26. The Bertz CT molecular complexity index is 463. The van der Waals surface area contributed by atoms with E-state index < -0.39 is 8.80 Å².